The number of aromatic nitrogens is 7. The van der Waals surface area contributed by atoms with Gasteiger partial charge in [0.1, 0.15) is 17.7 Å². The first-order valence-corrected chi connectivity index (χ1v) is 21.8. The highest BCUT2D eigenvalue weighted by Crippen LogP contribution is 2.33. The van der Waals surface area contributed by atoms with Crippen molar-refractivity contribution in [3.8, 4) is 11.4 Å². The van der Waals surface area contributed by atoms with E-state index in [2.05, 4.69) is 76.4 Å². The minimum atomic E-state index is -3.48. The van der Waals surface area contributed by atoms with Gasteiger partial charge in [-0.2, -0.15) is 14.3 Å². The van der Waals surface area contributed by atoms with Crippen LogP contribution in [-0.2, 0) is 26.2 Å². The number of amides is 2. The molecule has 0 bridgehead atoms. The highest BCUT2D eigenvalue weighted by atomic mass is 32.2. The van der Waals surface area contributed by atoms with Crippen molar-refractivity contribution in [2.24, 2.45) is 0 Å². The third-order valence-electron chi connectivity index (χ3n) is 11.6. The van der Waals surface area contributed by atoms with Gasteiger partial charge < -0.3 is 15.5 Å². The summed E-state index contributed by atoms with van der Waals surface area (Å²) >= 11 is 0. The molecule has 1 atom stereocenters. The number of fused-ring (bicyclic) bond motifs is 1. The molecule has 304 valence electrons. The summed E-state index contributed by atoms with van der Waals surface area (Å²) in [6.45, 7) is 11.1. The van der Waals surface area contributed by atoms with E-state index in [9.17, 15) is 18.0 Å². The van der Waals surface area contributed by atoms with Crippen LogP contribution in [0.3, 0.4) is 0 Å². The number of benzene rings is 1. The van der Waals surface area contributed by atoms with Crippen LogP contribution < -0.4 is 20.9 Å². The quantitative estimate of drug-likeness (QED) is 0.155. The molecule has 58 heavy (non-hydrogen) atoms. The van der Waals surface area contributed by atoms with Crippen LogP contribution in [0.4, 0.5) is 23.1 Å². The van der Waals surface area contributed by atoms with Gasteiger partial charge in [-0.25, -0.2) is 23.4 Å². The normalized spacial score (nSPS) is 20.2. The highest BCUT2D eigenvalue weighted by molar-refractivity contribution is 7.90. The number of carbonyl (C=O) groups excluding carboxylic acids is 2. The lowest BCUT2D eigenvalue weighted by atomic mass is 10.0. The fourth-order valence-electron chi connectivity index (χ4n) is 8.22. The number of piperazine rings is 1. The molecule has 3 saturated heterocycles. The van der Waals surface area contributed by atoms with E-state index in [0.29, 0.717) is 54.7 Å². The molecule has 5 aromatic rings. The fourth-order valence-corrected chi connectivity index (χ4v) is 9.69. The van der Waals surface area contributed by atoms with Crippen LogP contribution in [-0.4, -0.2) is 121 Å². The third kappa shape index (κ3) is 8.00. The van der Waals surface area contributed by atoms with Gasteiger partial charge >= 0.3 is 0 Å². The van der Waals surface area contributed by atoms with Crippen molar-refractivity contribution in [3.05, 3.63) is 66.7 Å². The maximum absolute atomic E-state index is 12.6. The molecule has 3 aliphatic heterocycles. The minimum absolute atomic E-state index is 0.141. The Morgan fingerprint density at radius 1 is 0.897 bits per heavy atom. The van der Waals surface area contributed by atoms with Crippen molar-refractivity contribution in [2.75, 3.05) is 54.8 Å². The van der Waals surface area contributed by atoms with E-state index >= 15 is 0 Å². The first-order valence-electron chi connectivity index (χ1n) is 20.3. The lowest BCUT2D eigenvalue weighted by Crippen LogP contribution is -2.53. The van der Waals surface area contributed by atoms with E-state index in [0.717, 1.165) is 85.2 Å². The van der Waals surface area contributed by atoms with Gasteiger partial charge in [-0.1, -0.05) is 12.1 Å². The van der Waals surface area contributed by atoms with Crippen molar-refractivity contribution in [1.29, 1.82) is 0 Å². The number of hydrogen-bond donors (Lipinski definition) is 3. The summed E-state index contributed by atoms with van der Waals surface area (Å²) in [5, 5.41) is 18.8. The van der Waals surface area contributed by atoms with Gasteiger partial charge in [-0.15, -0.1) is 0 Å². The molecule has 4 aromatic heterocycles. The van der Waals surface area contributed by atoms with Gasteiger partial charge in [-0.3, -0.25) is 29.4 Å². The average Bonchev–Trinajstić information content (AvgIpc) is 3.85. The van der Waals surface area contributed by atoms with Gasteiger partial charge in [0.2, 0.25) is 11.8 Å². The number of carbonyl (C=O) groups is 2. The Bertz CT molecular complexity index is 2410. The van der Waals surface area contributed by atoms with Crippen LogP contribution in [0.2, 0.25) is 0 Å². The summed E-state index contributed by atoms with van der Waals surface area (Å²) in [6, 6.07) is 12.3. The van der Waals surface area contributed by atoms with Crippen LogP contribution >= 0.6 is 0 Å². The topological polar surface area (TPSA) is 188 Å². The number of imide groups is 1. The van der Waals surface area contributed by atoms with Gasteiger partial charge in [0, 0.05) is 88.5 Å². The molecule has 18 heteroatoms. The second-order valence-electron chi connectivity index (χ2n) is 16.1. The van der Waals surface area contributed by atoms with Crippen LogP contribution in [0.15, 0.2) is 61.2 Å². The Kier molecular flexibility index (Phi) is 10.3. The van der Waals surface area contributed by atoms with Gasteiger partial charge in [0.25, 0.3) is 10.0 Å². The Morgan fingerprint density at radius 2 is 1.67 bits per heavy atom. The predicted octanol–water partition coefficient (Wildman–Crippen LogP) is 3.75. The molecule has 1 aliphatic carbocycles. The second-order valence-corrected chi connectivity index (χ2v) is 18.1. The number of rotatable bonds is 12. The van der Waals surface area contributed by atoms with E-state index < -0.39 is 10.0 Å². The first-order chi connectivity index (χ1) is 28.1. The third-order valence-corrected chi connectivity index (χ3v) is 13.7. The summed E-state index contributed by atoms with van der Waals surface area (Å²) in [7, 11) is -3.48. The molecule has 3 N–H and O–H groups in total. The summed E-state index contributed by atoms with van der Waals surface area (Å²) in [4.78, 5) is 44.9. The summed E-state index contributed by atoms with van der Waals surface area (Å²) in [6.07, 6.45) is 10.8. The highest BCUT2D eigenvalue weighted by Gasteiger charge is 2.38. The molecular formula is C40H49N13O4S. The molecule has 4 aliphatic rings. The number of nitrogens with one attached hydrogen (secondary N) is 3. The van der Waals surface area contributed by atoms with E-state index in [1.165, 1.54) is 18.0 Å². The zero-order valence-electron chi connectivity index (χ0n) is 32.8. The van der Waals surface area contributed by atoms with Gasteiger partial charge in [0.05, 0.1) is 34.1 Å². The molecule has 0 radical (unpaired) electrons. The SMILES string of the molecule is CC(C)n1nc(N2CCC(N3CCN(Cc4ccc(NC5CCC(=O)NC5=O)cc4)CC3)CC2)c2cnc(Nc3ccnc(-c4cnn(S(=O)(=O)C5CC5)c4)n3)cc21. The Hall–Kier alpha value is -5.46. The van der Waals surface area contributed by atoms with Crippen LogP contribution in [0.1, 0.15) is 64.0 Å². The van der Waals surface area contributed by atoms with Gasteiger partial charge in [-0.05, 0) is 69.7 Å². The molecule has 0 spiro atoms. The van der Waals surface area contributed by atoms with Crippen molar-refractivity contribution in [2.45, 2.75) is 82.3 Å². The van der Waals surface area contributed by atoms with Crippen molar-refractivity contribution in [1.82, 2.24) is 49.0 Å². The monoisotopic (exact) mass is 807 g/mol. The second kappa shape index (κ2) is 15.7. The summed E-state index contributed by atoms with van der Waals surface area (Å²) in [5.74, 6) is 2.02. The number of anilines is 4. The van der Waals surface area contributed by atoms with Crippen molar-refractivity contribution < 1.29 is 18.0 Å². The van der Waals surface area contributed by atoms with Crippen LogP contribution in [0.25, 0.3) is 22.3 Å². The molecule has 1 unspecified atom stereocenters. The predicted molar refractivity (Wildman–Crippen MR) is 220 cm³/mol. The summed E-state index contributed by atoms with van der Waals surface area (Å²) < 4.78 is 28.4. The zero-order chi connectivity index (χ0) is 40.0. The lowest BCUT2D eigenvalue weighted by Gasteiger charge is -2.43. The molecule has 2 amide bonds. The van der Waals surface area contributed by atoms with E-state index in [1.54, 1.807) is 12.3 Å². The minimum Gasteiger partial charge on any atom is -0.374 e. The molecule has 1 aromatic carbocycles. The van der Waals surface area contributed by atoms with Crippen molar-refractivity contribution in [3.63, 3.8) is 0 Å². The van der Waals surface area contributed by atoms with Gasteiger partial charge in [0.15, 0.2) is 11.6 Å². The number of nitrogens with zero attached hydrogens (tertiary/aromatic N) is 10. The number of hydrogen-bond acceptors (Lipinski definition) is 14. The fraction of sp³-hybridized carbons (Fsp3) is 0.475. The van der Waals surface area contributed by atoms with Crippen LogP contribution in [0, 0.1) is 0 Å². The standard InChI is InChI=1S/C40H49N13O4S/c1-26(2)53-34-21-36(45-35-11-14-41-38(46-35)28-22-43-52(25-28)58(56,57)31-7-8-31)42-23-32(34)39(48-53)51-15-12-30(13-16-51)50-19-17-49(18-20-50)24-27-3-5-29(6-4-27)44-33-9-10-37(54)47-40(33)55/h3-6,11,14,21-23,25-26,30-31,33,44H,7-10,12-13,15-20,24H2,1-2H3,(H,47,54,55)(H,41,42,45,46). The average molecular weight is 808 g/mol. The molecule has 9 rings (SSSR count). The van der Waals surface area contributed by atoms with Crippen LogP contribution in [0.5, 0.6) is 0 Å². The molecule has 1 saturated carbocycles. The van der Waals surface area contributed by atoms with Crippen molar-refractivity contribution >= 4 is 55.9 Å². The number of pyridine rings is 1. The smallest absolute Gasteiger partial charge is 0.256 e. The molecule has 17 nitrogen and oxygen atoms in total. The molecular weight excluding hydrogens is 759 g/mol. The Morgan fingerprint density at radius 3 is 2.40 bits per heavy atom. The maximum atomic E-state index is 12.6. The Labute approximate surface area is 337 Å². The lowest BCUT2D eigenvalue weighted by molar-refractivity contribution is -0.133. The van der Waals surface area contributed by atoms with E-state index in [4.69, 9.17) is 10.1 Å². The zero-order valence-corrected chi connectivity index (χ0v) is 33.6. The van der Waals surface area contributed by atoms with E-state index in [1.807, 2.05) is 24.4 Å². The number of piperidine rings is 2. The molecule has 7 heterocycles. The molecule has 4 fully saturated rings. The largest absolute Gasteiger partial charge is 0.374 e. The van der Waals surface area contributed by atoms with E-state index in [-0.39, 0.29) is 29.1 Å². The summed E-state index contributed by atoms with van der Waals surface area (Å²) in [5.41, 5.74) is 3.64. The first kappa shape index (κ1) is 38.1. The Balaban J connectivity index is 0.790. The maximum Gasteiger partial charge on any atom is 0.256 e.